The number of aryl methyl sites for hydroxylation is 1. The van der Waals surface area contributed by atoms with Gasteiger partial charge in [-0.05, 0) is 43.3 Å². The molecule has 0 aliphatic heterocycles. The van der Waals surface area contributed by atoms with Crippen LogP contribution in [0.15, 0.2) is 36.4 Å². The van der Waals surface area contributed by atoms with E-state index in [4.69, 9.17) is 4.74 Å². The van der Waals surface area contributed by atoms with Crippen molar-refractivity contribution in [3.8, 4) is 11.5 Å². The van der Waals surface area contributed by atoms with Crippen LogP contribution in [0.5, 0.6) is 11.5 Å². The molecule has 0 fully saturated rings. The van der Waals surface area contributed by atoms with Crippen molar-refractivity contribution in [3.63, 3.8) is 0 Å². The molecule has 0 amide bonds. The minimum Gasteiger partial charge on any atom is -0.450 e. The summed E-state index contributed by atoms with van der Waals surface area (Å²) in [6.07, 6.45) is 0. The van der Waals surface area contributed by atoms with E-state index in [0.717, 1.165) is 23.3 Å². The average molecular weight is 290 g/mol. The Morgan fingerprint density at radius 3 is 2.67 bits per heavy atom. The number of hydrogen-bond acceptors (Lipinski definition) is 4. The van der Waals surface area contributed by atoms with Gasteiger partial charge in [0.25, 0.3) is 0 Å². The molecule has 5 nitrogen and oxygen atoms in total. The van der Waals surface area contributed by atoms with Gasteiger partial charge < -0.3 is 10.1 Å². The van der Waals surface area contributed by atoms with Crippen LogP contribution in [0.1, 0.15) is 11.1 Å². The van der Waals surface area contributed by atoms with E-state index in [1.165, 1.54) is 6.07 Å². The van der Waals surface area contributed by atoms with Crippen molar-refractivity contribution in [2.45, 2.75) is 13.5 Å². The normalized spacial score (nSPS) is 10.4. The summed E-state index contributed by atoms with van der Waals surface area (Å²) in [5.74, 6) is -0.140. The highest BCUT2D eigenvalue weighted by Gasteiger charge is 2.17. The Labute approximate surface area is 121 Å². The summed E-state index contributed by atoms with van der Waals surface area (Å²) in [6, 6.07) is 8.86. The lowest BCUT2D eigenvalue weighted by Crippen LogP contribution is -2.05. The SMILES string of the molecule is CNCc1ccc(C)c(Oc2ccc(F)cc2[N+](=O)[O-])c1. The van der Waals surface area contributed by atoms with Gasteiger partial charge in [-0.1, -0.05) is 12.1 Å². The largest absolute Gasteiger partial charge is 0.450 e. The molecule has 1 N–H and O–H groups in total. The highest BCUT2D eigenvalue weighted by Crippen LogP contribution is 2.33. The third-order valence-corrected chi connectivity index (χ3v) is 2.97. The van der Waals surface area contributed by atoms with Gasteiger partial charge in [0.05, 0.1) is 11.0 Å². The maximum Gasteiger partial charge on any atom is 0.314 e. The van der Waals surface area contributed by atoms with Gasteiger partial charge in [0.15, 0.2) is 0 Å². The second-order valence-electron chi connectivity index (χ2n) is 4.60. The molecular weight excluding hydrogens is 275 g/mol. The number of nitrogens with zero attached hydrogens (tertiary/aromatic N) is 1. The fourth-order valence-electron chi connectivity index (χ4n) is 1.91. The van der Waals surface area contributed by atoms with Crippen molar-refractivity contribution < 1.29 is 14.1 Å². The van der Waals surface area contributed by atoms with E-state index in [-0.39, 0.29) is 5.75 Å². The first-order chi connectivity index (χ1) is 10.0. The van der Waals surface area contributed by atoms with E-state index < -0.39 is 16.4 Å². The predicted molar refractivity (Wildman–Crippen MR) is 77.1 cm³/mol. The Morgan fingerprint density at radius 1 is 1.24 bits per heavy atom. The Hall–Kier alpha value is -2.47. The first-order valence-electron chi connectivity index (χ1n) is 6.37. The molecule has 21 heavy (non-hydrogen) atoms. The first-order valence-corrected chi connectivity index (χ1v) is 6.37. The molecule has 2 rings (SSSR count). The van der Waals surface area contributed by atoms with Crippen LogP contribution in [-0.4, -0.2) is 12.0 Å². The fraction of sp³-hybridized carbons (Fsp3) is 0.200. The predicted octanol–water partition coefficient (Wildman–Crippen LogP) is 3.55. The monoisotopic (exact) mass is 290 g/mol. The van der Waals surface area contributed by atoms with Crippen molar-refractivity contribution in [1.82, 2.24) is 5.32 Å². The maximum absolute atomic E-state index is 13.1. The Kier molecular flexibility index (Phi) is 4.49. The van der Waals surface area contributed by atoms with Crippen LogP contribution in [0, 0.1) is 22.9 Å². The van der Waals surface area contributed by atoms with Gasteiger partial charge in [-0.2, -0.15) is 0 Å². The molecule has 0 saturated heterocycles. The summed E-state index contributed by atoms with van der Waals surface area (Å²) in [7, 11) is 1.82. The van der Waals surface area contributed by atoms with Gasteiger partial charge in [-0.3, -0.25) is 10.1 Å². The van der Waals surface area contributed by atoms with Gasteiger partial charge in [0.2, 0.25) is 5.75 Å². The van der Waals surface area contributed by atoms with E-state index in [1.54, 1.807) is 6.07 Å². The number of nitrogens with one attached hydrogen (secondary N) is 1. The number of nitro groups is 1. The molecule has 0 aromatic heterocycles. The number of nitro benzene ring substituents is 1. The zero-order valence-electron chi connectivity index (χ0n) is 11.7. The summed E-state index contributed by atoms with van der Waals surface area (Å²) in [5.41, 5.74) is 1.43. The van der Waals surface area contributed by atoms with Crippen LogP contribution in [0.4, 0.5) is 10.1 Å². The van der Waals surface area contributed by atoms with E-state index >= 15 is 0 Å². The molecule has 0 unspecified atom stereocenters. The minimum absolute atomic E-state index is 0.0195. The summed E-state index contributed by atoms with van der Waals surface area (Å²) in [6.45, 7) is 2.50. The fourth-order valence-corrected chi connectivity index (χ4v) is 1.91. The molecule has 0 aliphatic rings. The zero-order chi connectivity index (χ0) is 15.4. The number of hydrogen-bond donors (Lipinski definition) is 1. The topological polar surface area (TPSA) is 64.4 Å². The smallest absolute Gasteiger partial charge is 0.314 e. The summed E-state index contributed by atoms with van der Waals surface area (Å²) in [5, 5.41) is 14.0. The van der Waals surface area contributed by atoms with E-state index in [2.05, 4.69) is 5.32 Å². The molecular formula is C15H15FN2O3. The quantitative estimate of drug-likeness (QED) is 0.675. The van der Waals surface area contributed by atoms with E-state index in [1.807, 2.05) is 26.1 Å². The standard InChI is InChI=1S/C15H15FN2O3/c1-10-3-4-11(9-17-2)7-15(10)21-14-6-5-12(16)8-13(14)18(19)20/h3-8,17H,9H2,1-2H3. The van der Waals surface area contributed by atoms with E-state index in [9.17, 15) is 14.5 Å². The second-order valence-corrected chi connectivity index (χ2v) is 4.60. The molecule has 2 aromatic rings. The second kappa shape index (κ2) is 6.32. The molecule has 0 spiro atoms. The number of ether oxygens (including phenoxy) is 1. The highest BCUT2D eigenvalue weighted by molar-refractivity contribution is 5.50. The molecule has 0 heterocycles. The van der Waals surface area contributed by atoms with Crippen LogP contribution >= 0.6 is 0 Å². The lowest BCUT2D eigenvalue weighted by atomic mass is 10.1. The van der Waals surface area contributed by atoms with Gasteiger partial charge in [0.1, 0.15) is 11.6 Å². The number of rotatable bonds is 5. The molecule has 6 heteroatoms. The van der Waals surface area contributed by atoms with Crippen LogP contribution in [-0.2, 0) is 6.54 Å². The Bertz CT molecular complexity index is 674. The molecule has 0 saturated carbocycles. The van der Waals surface area contributed by atoms with Crippen molar-refractivity contribution in [2.75, 3.05) is 7.05 Å². The van der Waals surface area contributed by atoms with Crippen LogP contribution in [0.3, 0.4) is 0 Å². The lowest BCUT2D eigenvalue weighted by molar-refractivity contribution is -0.385. The number of halogens is 1. The zero-order valence-corrected chi connectivity index (χ0v) is 11.7. The molecule has 2 aromatic carbocycles. The van der Waals surface area contributed by atoms with Gasteiger partial charge in [-0.15, -0.1) is 0 Å². The Balaban J connectivity index is 2.38. The molecule has 0 atom stereocenters. The molecule has 110 valence electrons. The van der Waals surface area contributed by atoms with Crippen molar-refractivity contribution in [2.24, 2.45) is 0 Å². The number of benzene rings is 2. The van der Waals surface area contributed by atoms with Crippen molar-refractivity contribution in [3.05, 3.63) is 63.5 Å². The third-order valence-electron chi connectivity index (χ3n) is 2.97. The van der Waals surface area contributed by atoms with Crippen molar-refractivity contribution in [1.29, 1.82) is 0 Å². The average Bonchev–Trinajstić information content (AvgIpc) is 2.44. The highest BCUT2D eigenvalue weighted by atomic mass is 19.1. The molecule has 0 aliphatic carbocycles. The summed E-state index contributed by atoms with van der Waals surface area (Å²) >= 11 is 0. The summed E-state index contributed by atoms with van der Waals surface area (Å²) < 4.78 is 18.7. The summed E-state index contributed by atoms with van der Waals surface area (Å²) in [4.78, 5) is 10.3. The molecule has 0 radical (unpaired) electrons. The minimum atomic E-state index is -0.672. The third kappa shape index (κ3) is 3.55. The van der Waals surface area contributed by atoms with Crippen LogP contribution in [0.2, 0.25) is 0 Å². The molecule has 0 bridgehead atoms. The van der Waals surface area contributed by atoms with Gasteiger partial charge in [-0.25, -0.2) is 4.39 Å². The first kappa shape index (κ1) is 14.9. The lowest BCUT2D eigenvalue weighted by Gasteiger charge is -2.11. The van der Waals surface area contributed by atoms with E-state index in [0.29, 0.717) is 12.3 Å². The van der Waals surface area contributed by atoms with Crippen LogP contribution in [0.25, 0.3) is 0 Å². The van der Waals surface area contributed by atoms with Crippen LogP contribution < -0.4 is 10.1 Å². The van der Waals surface area contributed by atoms with Crippen molar-refractivity contribution >= 4 is 5.69 Å². The van der Waals surface area contributed by atoms with Gasteiger partial charge >= 0.3 is 5.69 Å². The maximum atomic E-state index is 13.1. The van der Waals surface area contributed by atoms with Gasteiger partial charge in [0, 0.05) is 6.54 Å². The Morgan fingerprint density at radius 2 is 2.00 bits per heavy atom.